The van der Waals surface area contributed by atoms with E-state index in [0.717, 1.165) is 0 Å². The van der Waals surface area contributed by atoms with E-state index in [1.807, 2.05) is 0 Å². The van der Waals surface area contributed by atoms with E-state index in [4.69, 9.17) is 10.7 Å². The van der Waals surface area contributed by atoms with E-state index in [0.29, 0.717) is 11.1 Å². The van der Waals surface area contributed by atoms with Crippen molar-refractivity contribution < 1.29 is 13.5 Å². The minimum atomic E-state index is -3.57. The van der Waals surface area contributed by atoms with Gasteiger partial charge in [0.05, 0.1) is 11.9 Å². The standard InChI is InChI=1S/C9H11ClO3S/c1-7(11)9-5-3-2-4-8(9)6-14(10,12)13/h2-5,7,11H,6H2,1H3. The lowest BCUT2D eigenvalue weighted by Crippen LogP contribution is -2.02. The van der Waals surface area contributed by atoms with E-state index < -0.39 is 15.2 Å². The molecule has 3 nitrogen and oxygen atoms in total. The molecule has 0 heterocycles. The van der Waals surface area contributed by atoms with Gasteiger partial charge >= 0.3 is 0 Å². The summed E-state index contributed by atoms with van der Waals surface area (Å²) in [6, 6.07) is 6.78. The van der Waals surface area contributed by atoms with Crippen LogP contribution in [0, 0.1) is 0 Å². The maximum atomic E-state index is 10.9. The molecule has 1 N–H and O–H groups in total. The van der Waals surface area contributed by atoms with E-state index in [-0.39, 0.29) is 5.75 Å². The van der Waals surface area contributed by atoms with Crippen LogP contribution < -0.4 is 0 Å². The first kappa shape index (κ1) is 11.5. The lowest BCUT2D eigenvalue weighted by Gasteiger charge is -2.09. The highest BCUT2D eigenvalue weighted by Crippen LogP contribution is 2.20. The summed E-state index contributed by atoms with van der Waals surface area (Å²) in [4.78, 5) is 0. The molecule has 0 spiro atoms. The van der Waals surface area contributed by atoms with Crippen molar-refractivity contribution in [3.8, 4) is 0 Å². The highest BCUT2D eigenvalue weighted by Gasteiger charge is 2.13. The van der Waals surface area contributed by atoms with Crippen molar-refractivity contribution in [3.63, 3.8) is 0 Å². The van der Waals surface area contributed by atoms with Gasteiger partial charge < -0.3 is 5.11 Å². The number of aliphatic hydroxyl groups is 1. The van der Waals surface area contributed by atoms with Gasteiger partial charge in [-0.1, -0.05) is 24.3 Å². The zero-order chi connectivity index (χ0) is 10.8. The zero-order valence-corrected chi connectivity index (χ0v) is 9.22. The van der Waals surface area contributed by atoms with Crippen LogP contribution in [0.25, 0.3) is 0 Å². The first-order chi connectivity index (χ1) is 6.40. The van der Waals surface area contributed by atoms with Crippen LogP contribution in [-0.2, 0) is 14.8 Å². The fourth-order valence-corrected chi connectivity index (χ4v) is 2.25. The van der Waals surface area contributed by atoms with Crippen LogP contribution in [0.5, 0.6) is 0 Å². The third kappa shape index (κ3) is 3.29. The zero-order valence-electron chi connectivity index (χ0n) is 7.64. The van der Waals surface area contributed by atoms with Gasteiger partial charge in [-0.3, -0.25) is 0 Å². The van der Waals surface area contributed by atoms with Gasteiger partial charge in [-0.15, -0.1) is 0 Å². The molecule has 0 saturated heterocycles. The van der Waals surface area contributed by atoms with Crippen molar-refractivity contribution in [2.24, 2.45) is 0 Å². The molecule has 1 unspecified atom stereocenters. The minimum absolute atomic E-state index is 0.254. The van der Waals surface area contributed by atoms with Crippen molar-refractivity contribution in [2.45, 2.75) is 18.8 Å². The highest BCUT2D eigenvalue weighted by molar-refractivity contribution is 8.13. The normalized spacial score (nSPS) is 13.9. The second kappa shape index (κ2) is 4.29. The second-order valence-electron chi connectivity index (χ2n) is 3.06. The van der Waals surface area contributed by atoms with Gasteiger partial charge in [-0.2, -0.15) is 0 Å². The highest BCUT2D eigenvalue weighted by atomic mass is 35.7. The maximum Gasteiger partial charge on any atom is 0.236 e. The summed E-state index contributed by atoms with van der Waals surface area (Å²) in [5.74, 6) is -0.254. The summed E-state index contributed by atoms with van der Waals surface area (Å²) in [5.41, 5.74) is 1.13. The Morgan fingerprint density at radius 1 is 1.43 bits per heavy atom. The lowest BCUT2D eigenvalue weighted by atomic mass is 10.1. The monoisotopic (exact) mass is 234 g/mol. The molecule has 0 aliphatic carbocycles. The molecule has 0 aromatic heterocycles. The minimum Gasteiger partial charge on any atom is -0.389 e. The van der Waals surface area contributed by atoms with Gasteiger partial charge in [0.1, 0.15) is 0 Å². The van der Waals surface area contributed by atoms with Crippen molar-refractivity contribution >= 4 is 19.7 Å². The average molecular weight is 235 g/mol. The SMILES string of the molecule is CC(O)c1ccccc1CS(=O)(=O)Cl. The predicted octanol–water partition coefficient (Wildman–Crippen LogP) is 1.81. The maximum absolute atomic E-state index is 10.9. The van der Waals surface area contributed by atoms with Crippen LogP contribution in [0.2, 0.25) is 0 Å². The predicted molar refractivity (Wildman–Crippen MR) is 55.6 cm³/mol. The second-order valence-corrected chi connectivity index (χ2v) is 5.83. The van der Waals surface area contributed by atoms with Crippen LogP contribution in [0.1, 0.15) is 24.2 Å². The molecule has 0 saturated carbocycles. The van der Waals surface area contributed by atoms with Gasteiger partial charge in [-0.05, 0) is 18.1 Å². The van der Waals surface area contributed by atoms with E-state index in [1.165, 1.54) is 0 Å². The molecular weight excluding hydrogens is 224 g/mol. The Morgan fingerprint density at radius 2 is 2.00 bits per heavy atom. The summed E-state index contributed by atoms with van der Waals surface area (Å²) in [5, 5.41) is 9.36. The summed E-state index contributed by atoms with van der Waals surface area (Å²) in [7, 11) is 1.56. The fraction of sp³-hybridized carbons (Fsp3) is 0.333. The van der Waals surface area contributed by atoms with Gasteiger partial charge in [0, 0.05) is 10.7 Å². The van der Waals surface area contributed by atoms with Crippen molar-refractivity contribution in [1.82, 2.24) is 0 Å². The summed E-state index contributed by atoms with van der Waals surface area (Å²) < 4.78 is 21.7. The van der Waals surface area contributed by atoms with Gasteiger partial charge in [0.25, 0.3) is 0 Å². The fourth-order valence-electron chi connectivity index (χ4n) is 1.26. The van der Waals surface area contributed by atoms with E-state index in [1.54, 1.807) is 31.2 Å². The van der Waals surface area contributed by atoms with Crippen LogP contribution in [0.3, 0.4) is 0 Å². The number of rotatable bonds is 3. The van der Waals surface area contributed by atoms with Crippen LogP contribution in [0.15, 0.2) is 24.3 Å². The third-order valence-electron chi connectivity index (χ3n) is 1.83. The molecule has 0 fully saturated rings. The average Bonchev–Trinajstić information content (AvgIpc) is 2.01. The molecule has 0 amide bonds. The number of benzene rings is 1. The molecule has 1 rings (SSSR count). The molecule has 0 aliphatic heterocycles. The summed E-state index contributed by atoms with van der Waals surface area (Å²) in [6.45, 7) is 1.58. The number of hydrogen-bond donors (Lipinski definition) is 1. The number of aliphatic hydroxyl groups excluding tert-OH is 1. The quantitative estimate of drug-likeness (QED) is 0.812. The first-order valence-electron chi connectivity index (χ1n) is 4.08. The van der Waals surface area contributed by atoms with Crippen LogP contribution >= 0.6 is 10.7 Å². The van der Waals surface area contributed by atoms with Crippen LogP contribution in [0.4, 0.5) is 0 Å². The summed E-state index contributed by atoms with van der Waals surface area (Å²) >= 11 is 0. The van der Waals surface area contributed by atoms with Crippen molar-refractivity contribution in [2.75, 3.05) is 0 Å². The smallest absolute Gasteiger partial charge is 0.236 e. The topological polar surface area (TPSA) is 54.4 Å². The molecule has 5 heteroatoms. The lowest BCUT2D eigenvalue weighted by molar-refractivity contribution is 0.198. The van der Waals surface area contributed by atoms with E-state index >= 15 is 0 Å². The number of halogens is 1. The molecule has 0 aliphatic rings. The Kier molecular flexibility index (Phi) is 3.53. The molecule has 78 valence electrons. The molecule has 0 bridgehead atoms. The molecular formula is C9H11ClO3S. The third-order valence-corrected chi connectivity index (χ3v) is 2.82. The Hall–Kier alpha value is -0.580. The van der Waals surface area contributed by atoms with Crippen molar-refractivity contribution in [1.29, 1.82) is 0 Å². The Morgan fingerprint density at radius 3 is 2.50 bits per heavy atom. The Labute approximate surface area is 87.8 Å². The van der Waals surface area contributed by atoms with Gasteiger partial charge in [-0.25, -0.2) is 8.42 Å². The summed E-state index contributed by atoms with van der Waals surface area (Å²) in [6.07, 6.45) is -0.690. The Balaban J connectivity index is 3.08. The molecule has 0 radical (unpaired) electrons. The van der Waals surface area contributed by atoms with Gasteiger partial charge in [0.15, 0.2) is 0 Å². The molecule has 1 atom stereocenters. The van der Waals surface area contributed by atoms with Crippen LogP contribution in [-0.4, -0.2) is 13.5 Å². The first-order valence-corrected chi connectivity index (χ1v) is 6.56. The Bertz CT molecular complexity index is 412. The molecule has 1 aromatic rings. The largest absolute Gasteiger partial charge is 0.389 e. The molecule has 1 aromatic carbocycles. The number of hydrogen-bond acceptors (Lipinski definition) is 3. The van der Waals surface area contributed by atoms with Crippen molar-refractivity contribution in [3.05, 3.63) is 35.4 Å². The van der Waals surface area contributed by atoms with E-state index in [2.05, 4.69) is 0 Å². The van der Waals surface area contributed by atoms with E-state index in [9.17, 15) is 13.5 Å². The molecule has 14 heavy (non-hydrogen) atoms. The van der Waals surface area contributed by atoms with Gasteiger partial charge in [0.2, 0.25) is 9.05 Å².